The van der Waals surface area contributed by atoms with Gasteiger partial charge < -0.3 is 9.47 Å². The normalized spacial score (nSPS) is 13.2. The maximum Gasteiger partial charge on any atom is 0.264 e. The van der Waals surface area contributed by atoms with Crippen LogP contribution in [0.15, 0.2) is 47.4 Å². The van der Waals surface area contributed by atoms with Crippen LogP contribution < -0.4 is 13.8 Å². The van der Waals surface area contributed by atoms with Crippen molar-refractivity contribution in [1.82, 2.24) is 0 Å². The van der Waals surface area contributed by atoms with Gasteiger partial charge in [0.1, 0.15) is 0 Å². The monoisotopic (exact) mass is 319 g/mol. The van der Waals surface area contributed by atoms with E-state index < -0.39 is 10.0 Å². The highest BCUT2D eigenvalue weighted by molar-refractivity contribution is 7.92. The van der Waals surface area contributed by atoms with Gasteiger partial charge in [0.05, 0.1) is 10.6 Å². The van der Waals surface area contributed by atoms with E-state index in [0.717, 1.165) is 12.0 Å². The predicted molar refractivity (Wildman–Crippen MR) is 84.0 cm³/mol. The maximum absolute atomic E-state index is 12.7. The second kappa shape index (κ2) is 5.53. The fourth-order valence-corrected chi connectivity index (χ4v) is 3.46. The van der Waals surface area contributed by atoms with Crippen molar-refractivity contribution < 1.29 is 17.9 Å². The van der Waals surface area contributed by atoms with Crippen molar-refractivity contribution in [2.45, 2.75) is 18.2 Å². The molecule has 22 heavy (non-hydrogen) atoms. The lowest BCUT2D eigenvalue weighted by molar-refractivity contribution is 0.174. The molecule has 0 aromatic heterocycles. The van der Waals surface area contributed by atoms with Gasteiger partial charge in [0, 0.05) is 13.1 Å². The van der Waals surface area contributed by atoms with Crippen molar-refractivity contribution in [3.8, 4) is 11.5 Å². The van der Waals surface area contributed by atoms with Crippen molar-refractivity contribution in [3.05, 3.63) is 48.0 Å². The zero-order chi connectivity index (χ0) is 15.7. The largest absolute Gasteiger partial charge is 0.454 e. The van der Waals surface area contributed by atoms with Crippen LogP contribution >= 0.6 is 0 Å². The van der Waals surface area contributed by atoms with Gasteiger partial charge in [-0.05, 0) is 36.2 Å². The Kier molecular flexibility index (Phi) is 3.70. The number of rotatable bonds is 4. The van der Waals surface area contributed by atoms with Crippen LogP contribution in [0.25, 0.3) is 0 Å². The molecule has 0 amide bonds. The minimum Gasteiger partial charge on any atom is -0.454 e. The highest BCUT2D eigenvalue weighted by Gasteiger charge is 2.23. The average Bonchev–Trinajstić information content (AvgIpc) is 3.01. The molecule has 0 spiro atoms. The molecule has 0 saturated heterocycles. The molecule has 0 unspecified atom stereocenters. The molecular weight excluding hydrogens is 302 g/mol. The Morgan fingerprint density at radius 2 is 1.73 bits per heavy atom. The summed E-state index contributed by atoms with van der Waals surface area (Å²) in [6.45, 7) is 2.19. The molecule has 116 valence electrons. The van der Waals surface area contributed by atoms with E-state index in [1.54, 1.807) is 30.3 Å². The van der Waals surface area contributed by atoms with Gasteiger partial charge in [-0.1, -0.05) is 19.1 Å². The van der Waals surface area contributed by atoms with E-state index in [9.17, 15) is 8.42 Å². The summed E-state index contributed by atoms with van der Waals surface area (Å²) in [4.78, 5) is 0.268. The van der Waals surface area contributed by atoms with Crippen LogP contribution in [0.3, 0.4) is 0 Å². The molecule has 5 nitrogen and oxygen atoms in total. The molecule has 0 bridgehead atoms. The van der Waals surface area contributed by atoms with E-state index in [-0.39, 0.29) is 11.7 Å². The maximum atomic E-state index is 12.7. The number of hydrogen-bond acceptors (Lipinski definition) is 4. The molecule has 6 heteroatoms. The first kappa shape index (κ1) is 14.7. The number of ether oxygens (including phenoxy) is 2. The van der Waals surface area contributed by atoms with Gasteiger partial charge in [-0.2, -0.15) is 0 Å². The topological polar surface area (TPSA) is 55.8 Å². The summed E-state index contributed by atoms with van der Waals surface area (Å²) in [6, 6.07) is 12.0. The summed E-state index contributed by atoms with van der Waals surface area (Å²) in [5.74, 6) is 1.18. The van der Waals surface area contributed by atoms with Gasteiger partial charge in [-0.15, -0.1) is 0 Å². The standard InChI is InChI=1S/C16H17NO4S/c1-3-12-4-7-14(8-5-12)22(18,19)17(2)13-6-9-15-16(10-13)21-11-20-15/h4-10H,3,11H2,1-2H3. The molecule has 2 aromatic rings. The third-order valence-electron chi connectivity index (χ3n) is 3.71. The van der Waals surface area contributed by atoms with Crippen molar-refractivity contribution in [1.29, 1.82) is 0 Å². The first-order valence-corrected chi connectivity index (χ1v) is 8.44. The lowest BCUT2D eigenvalue weighted by Crippen LogP contribution is -2.26. The first-order valence-electron chi connectivity index (χ1n) is 7.00. The van der Waals surface area contributed by atoms with Crippen molar-refractivity contribution in [2.75, 3.05) is 18.1 Å². The fourth-order valence-electron chi connectivity index (χ4n) is 2.28. The van der Waals surface area contributed by atoms with E-state index >= 15 is 0 Å². The Balaban J connectivity index is 1.93. The molecule has 1 heterocycles. The Bertz CT molecular complexity index is 784. The number of benzene rings is 2. The highest BCUT2D eigenvalue weighted by atomic mass is 32.2. The van der Waals surface area contributed by atoms with E-state index in [1.807, 2.05) is 19.1 Å². The smallest absolute Gasteiger partial charge is 0.264 e. The minimum absolute atomic E-state index is 0.160. The Morgan fingerprint density at radius 3 is 2.41 bits per heavy atom. The Morgan fingerprint density at radius 1 is 1.05 bits per heavy atom. The Hall–Kier alpha value is -2.21. The molecule has 0 saturated carbocycles. The van der Waals surface area contributed by atoms with E-state index in [2.05, 4.69) is 0 Å². The summed E-state index contributed by atoms with van der Waals surface area (Å²) in [5, 5.41) is 0. The zero-order valence-corrected chi connectivity index (χ0v) is 13.3. The molecule has 0 N–H and O–H groups in total. The summed E-state index contributed by atoms with van der Waals surface area (Å²) in [7, 11) is -2.07. The number of aryl methyl sites for hydroxylation is 1. The molecule has 0 aliphatic carbocycles. The average molecular weight is 319 g/mol. The SMILES string of the molecule is CCc1ccc(S(=O)(=O)N(C)c2ccc3c(c2)OCO3)cc1. The predicted octanol–water partition coefficient (Wildman–Crippen LogP) is 2.80. The number of fused-ring (bicyclic) bond motifs is 1. The van der Waals surface area contributed by atoms with Crippen LogP contribution in [-0.4, -0.2) is 22.3 Å². The van der Waals surface area contributed by atoms with Crippen LogP contribution in [0.1, 0.15) is 12.5 Å². The summed E-state index contributed by atoms with van der Waals surface area (Å²) in [5.41, 5.74) is 1.63. The van der Waals surface area contributed by atoms with Crippen molar-refractivity contribution in [2.24, 2.45) is 0 Å². The van der Waals surface area contributed by atoms with E-state index in [1.165, 1.54) is 11.4 Å². The zero-order valence-electron chi connectivity index (χ0n) is 12.4. The molecule has 1 aliphatic rings. The number of sulfonamides is 1. The fraction of sp³-hybridized carbons (Fsp3) is 0.250. The molecule has 0 fully saturated rings. The molecule has 1 aliphatic heterocycles. The van der Waals surface area contributed by atoms with Crippen LogP contribution in [0.5, 0.6) is 11.5 Å². The summed E-state index contributed by atoms with van der Waals surface area (Å²) < 4.78 is 37.2. The van der Waals surface area contributed by atoms with Gasteiger partial charge in [0.2, 0.25) is 6.79 Å². The number of nitrogens with zero attached hydrogens (tertiary/aromatic N) is 1. The molecule has 3 rings (SSSR count). The summed E-state index contributed by atoms with van der Waals surface area (Å²) >= 11 is 0. The third-order valence-corrected chi connectivity index (χ3v) is 5.51. The van der Waals surface area contributed by atoms with Gasteiger partial charge in [0.15, 0.2) is 11.5 Å². The van der Waals surface area contributed by atoms with Crippen LogP contribution in [0.2, 0.25) is 0 Å². The Labute approximate surface area is 130 Å². The van der Waals surface area contributed by atoms with Crippen LogP contribution in [-0.2, 0) is 16.4 Å². The van der Waals surface area contributed by atoms with Gasteiger partial charge in [0.25, 0.3) is 10.0 Å². The van der Waals surface area contributed by atoms with Crippen LogP contribution in [0.4, 0.5) is 5.69 Å². The van der Waals surface area contributed by atoms with Crippen molar-refractivity contribution >= 4 is 15.7 Å². The first-order chi connectivity index (χ1) is 10.5. The second-order valence-electron chi connectivity index (χ2n) is 5.01. The third kappa shape index (κ3) is 2.50. The molecule has 0 radical (unpaired) electrons. The molecule has 2 aromatic carbocycles. The number of hydrogen-bond donors (Lipinski definition) is 0. The van der Waals surface area contributed by atoms with E-state index in [0.29, 0.717) is 17.2 Å². The lowest BCUT2D eigenvalue weighted by Gasteiger charge is -2.20. The van der Waals surface area contributed by atoms with Gasteiger partial charge >= 0.3 is 0 Å². The van der Waals surface area contributed by atoms with E-state index in [4.69, 9.17) is 9.47 Å². The van der Waals surface area contributed by atoms with Crippen LogP contribution in [0, 0.1) is 0 Å². The van der Waals surface area contributed by atoms with Gasteiger partial charge in [-0.25, -0.2) is 8.42 Å². The second-order valence-corrected chi connectivity index (χ2v) is 6.98. The number of anilines is 1. The van der Waals surface area contributed by atoms with Crippen molar-refractivity contribution in [3.63, 3.8) is 0 Å². The quantitative estimate of drug-likeness (QED) is 0.869. The lowest BCUT2D eigenvalue weighted by atomic mass is 10.2. The van der Waals surface area contributed by atoms with Gasteiger partial charge in [-0.3, -0.25) is 4.31 Å². The molecular formula is C16H17NO4S. The molecule has 0 atom stereocenters. The summed E-state index contributed by atoms with van der Waals surface area (Å²) in [6.07, 6.45) is 0.873. The highest BCUT2D eigenvalue weighted by Crippen LogP contribution is 2.36. The minimum atomic E-state index is -3.60.